The van der Waals surface area contributed by atoms with E-state index >= 15 is 0 Å². The van der Waals surface area contributed by atoms with Crippen molar-refractivity contribution in [3.63, 3.8) is 0 Å². The number of anilines is 1. The lowest BCUT2D eigenvalue weighted by molar-refractivity contribution is -0.125. The van der Waals surface area contributed by atoms with E-state index in [2.05, 4.69) is 20.3 Å². The van der Waals surface area contributed by atoms with E-state index in [1.54, 1.807) is 4.90 Å². The van der Waals surface area contributed by atoms with Gasteiger partial charge in [-0.2, -0.15) is 17.4 Å². The maximum atomic E-state index is 13.5. The number of ether oxygens (including phenoxy) is 1. The Morgan fingerprint density at radius 2 is 1.80 bits per heavy atom. The van der Waals surface area contributed by atoms with Gasteiger partial charge in [0.25, 0.3) is 10.2 Å². The molecular weight excluding hydrogens is 579 g/mol. The van der Waals surface area contributed by atoms with E-state index in [0.29, 0.717) is 32.5 Å². The molecule has 3 fully saturated rings. The second-order valence-electron chi connectivity index (χ2n) is 10.7. The number of hydrogen-bond acceptors (Lipinski definition) is 7. The first kappa shape index (κ1) is 31.4. The molecule has 4 rings (SSSR count). The number of halogens is 2. The second-order valence-corrected chi connectivity index (χ2v) is 12.9. The number of piperidine rings is 2. The maximum absolute atomic E-state index is 13.5. The van der Waals surface area contributed by atoms with Crippen LogP contribution >= 0.6 is 11.6 Å². The van der Waals surface area contributed by atoms with E-state index in [4.69, 9.17) is 16.3 Å². The number of benzene rings is 1. The van der Waals surface area contributed by atoms with Crippen LogP contribution in [0.3, 0.4) is 0 Å². The molecule has 3 aliphatic rings. The van der Waals surface area contributed by atoms with Crippen LogP contribution in [0, 0.1) is 5.82 Å². The first-order chi connectivity index (χ1) is 19.5. The van der Waals surface area contributed by atoms with Crippen molar-refractivity contribution in [2.24, 2.45) is 0 Å². The topological polar surface area (TPSA) is 140 Å². The first-order valence-corrected chi connectivity index (χ1v) is 15.8. The molecule has 2 unspecified atom stereocenters. The summed E-state index contributed by atoms with van der Waals surface area (Å²) in [6, 6.07) is 0.976. The molecule has 0 aliphatic carbocycles. The summed E-state index contributed by atoms with van der Waals surface area (Å²) in [7, 11) is -2.90. The van der Waals surface area contributed by atoms with Crippen LogP contribution in [-0.4, -0.2) is 105 Å². The number of nitrogens with zero attached hydrogens (tertiary/aromatic N) is 3. The fourth-order valence-corrected chi connectivity index (χ4v) is 6.74. The van der Waals surface area contributed by atoms with Crippen molar-refractivity contribution < 1.29 is 31.9 Å². The van der Waals surface area contributed by atoms with Crippen molar-refractivity contribution in [2.75, 3.05) is 51.7 Å². The molecule has 15 heteroatoms. The van der Waals surface area contributed by atoms with Crippen LogP contribution in [0.15, 0.2) is 18.2 Å². The van der Waals surface area contributed by atoms with Crippen molar-refractivity contribution in [3.05, 3.63) is 29.0 Å². The van der Waals surface area contributed by atoms with E-state index in [1.165, 1.54) is 38.4 Å². The summed E-state index contributed by atoms with van der Waals surface area (Å²) in [5.74, 6) is -1.89. The number of rotatable bonds is 8. The molecule has 0 aromatic heterocycles. The molecule has 41 heavy (non-hydrogen) atoms. The largest absolute Gasteiger partial charge is 0.449 e. The van der Waals surface area contributed by atoms with E-state index in [9.17, 15) is 27.2 Å². The number of hydrogen-bond donors (Lipinski definition) is 3. The Labute approximate surface area is 245 Å². The normalized spacial score (nSPS) is 24.0. The molecule has 12 nitrogen and oxygen atoms in total. The fourth-order valence-electron chi connectivity index (χ4n) is 5.31. The second kappa shape index (κ2) is 14.1. The molecule has 0 spiro atoms. The average Bonchev–Trinajstić information content (AvgIpc) is 2.95. The standard InChI is InChI=1S/C26H38ClFN6O6S/c1-32-23(25(36)30-19-6-7-21(28)20(27)16-19)17-22(31-41(32,38)39)24(35)29-18-8-13-34(14-9-18)26(37)40-15-5-12-33-10-3-2-4-11-33/h6-7,16,18,22-23,31H,2-5,8-15,17H2,1H3,(H,29,35)(H,30,36). The van der Waals surface area contributed by atoms with Crippen LogP contribution in [0.25, 0.3) is 0 Å². The SMILES string of the molecule is CN1C(C(=O)Nc2ccc(F)c(Cl)c2)CC(C(=O)NC2CCN(C(=O)OCCCN3CCCCC3)CC2)NS1(=O)=O. The van der Waals surface area contributed by atoms with Gasteiger partial charge in [0.1, 0.15) is 17.9 Å². The average molecular weight is 617 g/mol. The lowest BCUT2D eigenvalue weighted by Gasteiger charge is -2.37. The van der Waals surface area contributed by atoms with Crippen LogP contribution in [-0.2, 0) is 24.5 Å². The van der Waals surface area contributed by atoms with Crippen molar-refractivity contribution in [1.82, 2.24) is 24.1 Å². The quantitative estimate of drug-likeness (QED) is 0.379. The molecule has 2 atom stereocenters. The summed E-state index contributed by atoms with van der Waals surface area (Å²) >= 11 is 5.77. The van der Waals surface area contributed by atoms with Crippen molar-refractivity contribution >= 4 is 45.4 Å². The Morgan fingerprint density at radius 1 is 1.10 bits per heavy atom. The summed E-state index contributed by atoms with van der Waals surface area (Å²) in [6.07, 6.45) is 5.00. The van der Waals surface area contributed by atoms with E-state index < -0.39 is 39.9 Å². The van der Waals surface area contributed by atoms with Gasteiger partial charge in [0.05, 0.1) is 11.6 Å². The lowest BCUT2D eigenvalue weighted by Crippen LogP contribution is -2.63. The molecule has 3 N–H and O–H groups in total. The highest BCUT2D eigenvalue weighted by Crippen LogP contribution is 2.23. The molecule has 0 radical (unpaired) electrons. The number of likely N-dealkylation sites (tertiary alicyclic amines) is 2. The third-order valence-electron chi connectivity index (χ3n) is 7.77. The zero-order valence-corrected chi connectivity index (χ0v) is 24.7. The molecule has 228 valence electrons. The summed E-state index contributed by atoms with van der Waals surface area (Å²) in [4.78, 5) is 42.4. The highest BCUT2D eigenvalue weighted by Gasteiger charge is 2.43. The molecular formula is C26H38ClFN6O6S. The van der Waals surface area contributed by atoms with Gasteiger partial charge in [-0.3, -0.25) is 9.59 Å². The van der Waals surface area contributed by atoms with Gasteiger partial charge in [-0.05, 0) is 69.8 Å². The van der Waals surface area contributed by atoms with Crippen molar-refractivity contribution in [1.29, 1.82) is 0 Å². The molecule has 1 aromatic rings. The Bertz CT molecular complexity index is 1210. The zero-order chi connectivity index (χ0) is 29.6. The number of carbonyl (C=O) groups excluding carboxylic acids is 3. The van der Waals surface area contributed by atoms with Gasteiger partial charge in [-0.15, -0.1) is 0 Å². The molecule has 3 amide bonds. The minimum atomic E-state index is -4.13. The summed E-state index contributed by atoms with van der Waals surface area (Å²) in [6.45, 7) is 4.30. The molecule has 3 aliphatic heterocycles. The Kier molecular flexibility index (Phi) is 10.8. The highest BCUT2D eigenvalue weighted by atomic mass is 35.5. The van der Waals surface area contributed by atoms with Crippen LogP contribution in [0.4, 0.5) is 14.9 Å². The number of nitrogens with one attached hydrogen (secondary N) is 3. The minimum absolute atomic E-state index is 0.120. The zero-order valence-electron chi connectivity index (χ0n) is 23.1. The molecule has 3 heterocycles. The maximum Gasteiger partial charge on any atom is 0.409 e. The third-order valence-corrected chi connectivity index (χ3v) is 9.65. The Morgan fingerprint density at radius 3 is 2.49 bits per heavy atom. The smallest absolute Gasteiger partial charge is 0.409 e. The number of carbonyl (C=O) groups is 3. The predicted molar refractivity (Wildman–Crippen MR) is 151 cm³/mol. The molecule has 1 aromatic carbocycles. The Hall–Kier alpha value is -2.52. The van der Waals surface area contributed by atoms with Gasteiger partial charge in [-0.1, -0.05) is 18.0 Å². The van der Waals surface area contributed by atoms with Gasteiger partial charge in [0.2, 0.25) is 11.8 Å². The molecule has 0 saturated carbocycles. The monoisotopic (exact) mass is 616 g/mol. The minimum Gasteiger partial charge on any atom is -0.449 e. The van der Waals surface area contributed by atoms with Crippen LogP contribution in [0.5, 0.6) is 0 Å². The lowest BCUT2D eigenvalue weighted by atomic mass is 10.0. The van der Waals surface area contributed by atoms with E-state index in [0.717, 1.165) is 36.4 Å². The van der Waals surface area contributed by atoms with Crippen LogP contribution < -0.4 is 15.4 Å². The highest BCUT2D eigenvalue weighted by molar-refractivity contribution is 7.87. The summed E-state index contributed by atoms with van der Waals surface area (Å²) < 4.78 is 47.5. The fraction of sp³-hybridized carbons (Fsp3) is 0.654. The van der Waals surface area contributed by atoms with Crippen LogP contribution in [0.1, 0.15) is 44.9 Å². The number of likely N-dealkylation sites (N-methyl/N-ethyl adjacent to an activating group) is 1. The van der Waals surface area contributed by atoms with Gasteiger partial charge in [0.15, 0.2) is 0 Å². The van der Waals surface area contributed by atoms with Crippen molar-refractivity contribution in [2.45, 2.75) is 63.1 Å². The molecule has 0 bridgehead atoms. The van der Waals surface area contributed by atoms with E-state index in [-0.39, 0.29) is 29.3 Å². The summed E-state index contributed by atoms with van der Waals surface area (Å²) in [5, 5.41) is 5.19. The van der Waals surface area contributed by atoms with Crippen molar-refractivity contribution in [3.8, 4) is 0 Å². The summed E-state index contributed by atoms with van der Waals surface area (Å²) in [5.41, 5.74) is 0.194. The third kappa shape index (κ3) is 8.51. The van der Waals surface area contributed by atoms with Gasteiger partial charge >= 0.3 is 6.09 Å². The number of amides is 3. The molecule has 3 saturated heterocycles. The van der Waals surface area contributed by atoms with Gasteiger partial charge < -0.3 is 25.2 Å². The Balaban J connectivity index is 1.23. The predicted octanol–water partition coefficient (Wildman–Crippen LogP) is 1.92. The first-order valence-electron chi connectivity index (χ1n) is 14.0. The van der Waals surface area contributed by atoms with Gasteiger partial charge in [0, 0.05) is 38.4 Å². The van der Waals surface area contributed by atoms with Gasteiger partial charge in [-0.25, -0.2) is 9.18 Å². The van der Waals surface area contributed by atoms with E-state index in [1.807, 2.05) is 0 Å². The van der Waals surface area contributed by atoms with Crippen LogP contribution in [0.2, 0.25) is 5.02 Å².